The second-order valence-corrected chi connectivity index (χ2v) is 4.52. The Kier molecular flexibility index (Phi) is 3.34. The van der Waals surface area contributed by atoms with Crippen LogP contribution < -0.4 is 10.6 Å². The first kappa shape index (κ1) is 11.3. The van der Waals surface area contributed by atoms with Gasteiger partial charge in [-0.25, -0.2) is 0 Å². The third kappa shape index (κ3) is 2.47. The van der Waals surface area contributed by atoms with Crippen molar-refractivity contribution in [1.82, 2.24) is 0 Å². The average molecular weight is 220 g/mol. The van der Waals surface area contributed by atoms with E-state index in [-0.39, 0.29) is 0 Å². The van der Waals surface area contributed by atoms with Crippen molar-refractivity contribution in [2.24, 2.45) is 0 Å². The fraction of sp³-hybridized carbons (Fsp3) is 0.538. The van der Waals surface area contributed by atoms with Crippen molar-refractivity contribution in [2.45, 2.75) is 26.4 Å². The van der Waals surface area contributed by atoms with Gasteiger partial charge in [0.25, 0.3) is 0 Å². The molecule has 88 valence electrons. The lowest BCUT2D eigenvalue weighted by atomic mass is 10.1. The molecule has 0 aliphatic carbocycles. The number of ether oxygens (including phenoxy) is 1. The van der Waals surface area contributed by atoms with E-state index in [4.69, 9.17) is 10.5 Å². The van der Waals surface area contributed by atoms with Gasteiger partial charge >= 0.3 is 0 Å². The summed E-state index contributed by atoms with van der Waals surface area (Å²) in [5.41, 5.74) is 9.16. The maximum absolute atomic E-state index is 5.94. The lowest BCUT2D eigenvalue weighted by molar-refractivity contribution is 0.0821. The van der Waals surface area contributed by atoms with Crippen LogP contribution in [0, 0.1) is 6.92 Å². The van der Waals surface area contributed by atoms with E-state index in [1.54, 1.807) is 0 Å². The summed E-state index contributed by atoms with van der Waals surface area (Å²) in [6.45, 7) is 7.01. The van der Waals surface area contributed by atoms with E-state index in [1.165, 1.54) is 5.69 Å². The number of nitrogens with two attached hydrogens (primary N) is 1. The number of anilines is 2. The largest absolute Gasteiger partial charge is 0.398 e. The van der Waals surface area contributed by atoms with Gasteiger partial charge in [-0.2, -0.15) is 0 Å². The second-order valence-electron chi connectivity index (χ2n) is 4.52. The second kappa shape index (κ2) is 4.74. The zero-order valence-corrected chi connectivity index (χ0v) is 10.1. The molecule has 0 spiro atoms. The summed E-state index contributed by atoms with van der Waals surface area (Å²) in [6.07, 6.45) is 1.38. The van der Waals surface area contributed by atoms with Crippen molar-refractivity contribution in [2.75, 3.05) is 30.3 Å². The molecule has 3 heteroatoms. The van der Waals surface area contributed by atoms with Gasteiger partial charge in [0.15, 0.2) is 0 Å². The first-order chi connectivity index (χ1) is 7.66. The first-order valence-electron chi connectivity index (χ1n) is 5.89. The molecule has 0 radical (unpaired) electrons. The van der Waals surface area contributed by atoms with Gasteiger partial charge < -0.3 is 15.4 Å². The standard InChI is InChI=1S/C13H20N2O/c1-10-4-5-12(8-13(10)14)15-6-3-7-16-11(2)9-15/h4-5,8,11H,3,6-7,9,14H2,1-2H3. The monoisotopic (exact) mass is 220 g/mol. The van der Waals surface area contributed by atoms with Crippen LogP contribution in [0.4, 0.5) is 11.4 Å². The Morgan fingerprint density at radius 2 is 2.25 bits per heavy atom. The number of hydrogen-bond donors (Lipinski definition) is 1. The third-order valence-corrected chi connectivity index (χ3v) is 3.08. The fourth-order valence-corrected chi connectivity index (χ4v) is 2.05. The highest BCUT2D eigenvalue weighted by Crippen LogP contribution is 2.22. The summed E-state index contributed by atoms with van der Waals surface area (Å²) in [5.74, 6) is 0. The summed E-state index contributed by atoms with van der Waals surface area (Å²) in [6, 6.07) is 6.29. The normalized spacial score (nSPS) is 21.9. The molecule has 0 amide bonds. The van der Waals surface area contributed by atoms with Gasteiger partial charge in [-0.3, -0.25) is 0 Å². The molecule has 1 saturated heterocycles. The van der Waals surface area contributed by atoms with Crippen LogP contribution in [-0.2, 0) is 4.74 Å². The minimum atomic E-state index is 0.296. The molecule has 16 heavy (non-hydrogen) atoms. The van der Waals surface area contributed by atoms with E-state index in [9.17, 15) is 0 Å². The Morgan fingerprint density at radius 3 is 3.00 bits per heavy atom. The predicted octanol–water partition coefficient (Wildman–Crippen LogP) is 2.19. The number of aryl methyl sites for hydroxylation is 1. The molecule has 0 saturated carbocycles. The van der Waals surface area contributed by atoms with E-state index in [1.807, 2.05) is 6.92 Å². The maximum Gasteiger partial charge on any atom is 0.0721 e. The maximum atomic E-state index is 5.94. The summed E-state index contributed by atoms with van der Waals surface area (Å²) < 4.78 is 5.64. The zero-order chi connectivity index (χ0) is 11.5. The molecule has 1 fully saturated rings. The molecular weight excluding hydrogens is 200 g/mol. The zero-order valence-electron chi connectivity index (χ0n) is 10.1. The smallest absolute Gasteiger partial charge is 0.0721 e. The predicted molar refractivity (Wildman–Crippen MR) is 67.8 cm³/mol. The van der Waals surface area contributed by atoms with E-state index in [0.717, 1.165) is 37.4 Å². The molecule has 3 nitrogen and oxygen atoms in total. The van der Waals surface area contributed by atoms with E-state index in [2.05, 4.69) is 30.0 Å². The Bertz CT molecular complexity index is 365. The average Bonchev–Trinajstić information content (AvgIpc) is 2.47. The molecule has 1 aliphatic heterocycles. The molecular formula is C13H20N2O. The summed E-state index contributed by atoms with van der Waals surface area (Å²) in [4.78, 5) is 2.35. The quantitative estimate of drug-likeness (QED) is 0.737. The lowest BCUT2D eigenvalue weighted by Crippen LogP contribution is -2.30. The van der Waals surface area contributed by atoms with Crippen LogP contribution in [-0.4, -0.2) is 25.8 Å². The molecule has 1 heterocycles. The molecule has 1 aliphatic rings. The van der Waals surface area contributed by atoms with Gasteiger partial charge in [0.2, 0.25) is 0 Å². The SMILES string of the molecule is Cc1ccc(N2CCCOC(C)C2)cc1N. The number of hydrogen-bond acceptors (Lipinski definition) is 3. The summed E-state index contributed by atoms with van der Waals surface area (Å²) in [5, 5.41) is 0. The van der Waals surface area contributed by atoms with Crippen molar-refractivity contribution in [3.63, 3.8) is 0 Å². The van der Waals surface area contributed by atoms with Crippen LogP contribution >= 0.6 is 0 Å². The Balaban J connectivity index is 2.18. The Morgan fingerprint density at radius 1 is 1.44 bits per heavy atom. The van der Waals surface area contributed by atoms with Gasteiger partial charge in [0, 0.05) is 31.1 Å². The molecule has 1 unspecified atom stereocenters. The summed E-state index contributed by atoms with van der Waals surface area (Å²) >= 11 is 0. The molecule has 0 aromatic heterocycles. The van der Waals surface area contributed by atoms with Crippen LogP contribution in [0.25, 0.3) is 0 Å². The highest BCUT2D eigenvalue weighted by molar-refractivity contribution is 5.59. The number of nitrogens with zero attached hydrogens (tertiary/aromatic N) is 1. The van der Waals surface area contributed by atoms with Crippen LogP contribution in [0.15, 0.2) is 18.2 Å². The molecule has 1 aromatic carbocycles. The van der Waals surface area contributed by atoms with Crippen LogP contribution in [0.1, 0.15) is 18.9 Å². The van der Waals surface area contributed by atoms with E-state index < -0.39 is 0 Å². The molecule has 1 aromatic rings. The van der Waals surface area contributed by atoms with Crippen molar-refractivity contribution in [3.8, 4) is 0 Å². The highest BCUT2D eigenvalue weighted by Gasteiger charge is 2.15. The molecule has 1 atom stereocenters. The van der Waals surface area contributed by atoms with Gasteiger partial charge in [0.05, 0.1) is 6.10 Å². The number of benzene rings is 1. The van der Waals surface area contributed by atoms with Gasteiger partial charge in [-0.15, -0.1) is 0 Å². The third-order valence-electron chi connectivity index (χ3n) is 3.08. The Hall–Kier alpha value is -1.22. The fourth-order valence-electron chi connectivity index (χ4n) is 2.05. The van der Waals surface area contributed by atoms with E-state index in [0.29, 0.717) is 6.10 Å². The number of nitrogen functional groups attached to an aromatic ring is 1. The molecule has 2 rings (SSSR count). The van der Waals surface area contributed by atoms with Crippen molar-refractivity contribution < 1.29 is 4.74 Å². The van der Waals surface area contributed by atoms with Crippen LogP contribution in [0.5, 0.6) is 0 Å². The molecule has 2 N–H and O–H groups in total. The van der Waals surface area contributed by atoms with Crippen molar-refractivity contribution in [3.05, 3.63) is 23.8 Å². The highest BCUT2D eigenvalue weighted by atomic mass is 16.5. The van der Waals surface area contributed by atoms with Crippen LogP contribution in [0.2, 0.25) is 0 Å². The van der Waals surface area contributed by atoms with E-state index >= 15 is 0 Å². The van der Waals surface area contributed by atoms with Gasteiger partial charge in [0.1, 0.15) is 0 Å². The minimum absolute atomic E-state index is 0.296. The first-order valence-corrected chi connectivity index (χ1v) is 5.89. The lowest BCUT2D eigenvalue weighted by Gasteiger charge is -2.24. The summed E-state index contributed by atoms with van der Waals surface area (Å²) in [7, 11) is 0. The van der Waals surface area contributed by atoms with Crippen LogP contribution in [0.3, 0.4) is 0 Å². The number of rotatable bonds is 1. The minimum Gasteiger partial charge on any atom is -0.398 e. The molecule has 0 bridgehead atoms. The Labute approximate surface area is 97.2 Å². The topological polar surface area (TPSA) is 38.5 Å². The van der Waals surface area contributed by atoms with Gasteiger partial charge in [-0.1, -0.05) is 6.07 Å². The van der Waals surface area contributed by atoms with Gasteiger partial charge in [-0.05, 0) is 38.0 Å². The van der Waals surface area contributed by atoms with Crippen molar-refractivity contribution in [1.29, 1.82) is 0 Å². The van der Waals surface area contributed by atoms with Crippen molar-refractivity contribution >= 4 is 11.4 Å².